The molecule has 0 bridgehead atoms. The maximum absolute atomic E-state index is 11.7. The van der Waals surface area contributed by atoms with Crippen LogP contribution >= 0.6 is 0 Å². The van der Waals surface area contributed by atoms with E-state index in [-0.39, 0.29) is 6.04 Å². The number of rotatable bonds is 3. The van der Waals surface area contributed by atoms with Gasteiger partial charge in [0.2, 0.25) is 0 Å². The van der Waals surface area contributed by atoms with Gasteiger partial charge < -0.3 is 4.90 Å². The maximum Gasteiger partial charge on any atom is 0.299 e. The Morgan fingerprint density at radius 2 is 2.24 bits per heavy atom. The van der Waals surface area contributed by atoms with Crippen molar-refractivity contribution in [3.05, 3.63) is 12.4 Å². The van der Waals surface area contributed by atoms with Gasteiger partial charge >= 0.3 is 0 Å². The van der Waals surface area contributed by atoms with Crippen LogP contribution in [0.4, 0.5) is 5.69 Å². The average Bonchev–Trinajstić information content (AvgIpc) is 2.75. The summed E-state index contributed by atoms with van der Waals surface area (Å²) in [6.07, 6.45) is 3.95. The van der Waals surface area contributed by atoms with Crippen molar-refractivity contribution in [2.45, 2.75) is 12.5 Å². The molecule has 0 spiro atoms. The highest BCUT2D eigenvalue weighted by Crippen LogP contribution is 2.23. The van der Waals surface area contributed by atoms with Crippen LogP contribution in [0.3, 0.4) is 0 Å². The lowest BCUT2D eigenvalue weighted by molar-refractivity contribution is 0.411. The maximum atomic E-state index is 11.7. The van der Waals surface area contributed by atoms with Gasteiger partial charge in [0.25, 0.3) is 10.2 Å². The van der Waals surface area contributed by atoms with Gasteiger partial charge in [0.05, 0.1) is 17.9 Å². The van der Waals surface area contributed by atoms with Gasteiger partial charge in [-0.25, -0.2) is 5.14 Å². The fraction of sp³-hybridized carbons (Fsp3) is 0.667. The summed E-state index contributed by atoms with van der Waals surface area (Å²) >= 11 is 0. The molecule has 8 heteroatoms. The van der Waals surface area contributed by atoms with Crippen LogP contribution in [0.1, 0.15) is 6.42 Å². The molecule has 0 amide bonds. The molecular weight excluding hydrogens is 242 g/mol. The van der Waals surface area contributed by atoms with Crippen LogP contribution in [0.5, 0.6) is 0 Å². The molecule has 2 N–H and O–H groups in total. The molecule has 0 unspecified atom stereocenters. The van der Waals surface area contributed by atoms with Crippen LogP contribution in [0, 0.1) is 0 Å². The molecule has 1 aliphatic heterocycles. The second kappa shape index (κ2) is 4.28. The lowest BCUT2D eigenvalue weighted by atomic mass is 10.2. The zero-order chi connectivity index (χ0) is 12.6. The van der Waals surface area contributed by atoms with E-state index in [9.17, 15) is 8.42 Å². The SMILES string of the molecule is CN1CC[C@H](N(c2cnn(C)c2)S(N)(=O)=O)C1. The normalized spacial score (nSPS) is 21.9. The number of nitrogens with two attached hydrogens (primary N) is 1. The van der Waals surface area contributed by atoms with E-state index in [1.165, 1.54) is 10.5 Å². The number of anilines is 1. The molecule has 0 aliphatic carbocycles. The summed E-state index contributed by atoms with van der Waals surface area (Å²) in [6, 6.07) is -0.112. The number of aryl methyl sites for hydroxylation is 1. The molecular formula is C9H17N5O2S. The minimum Gasteiger partial charge on any atom is -0.304 e. The summed E-state index contributed by atoms with van der Waals surface area (Å²) in [6.45, 7) is 1.56. The Balaban J connectivity index is 2.33. The Kier molecular flexibility index (Phi) is 3.11. The first-order valence-electron chi connectivity index (χ1n) is 5.37. The molecule has 2 rings (SSSR count). The van der Waals surface area contributed by atoms with Gasteiger partial charge in [-0.3, -0.25) is 8.99 Å². The molecule has 1 saturated heterocycles. The molecule has 0 aromatic carbocycles. The molecule has 1 fully saturated rings. The third-order valence-corrected chi connectivity index (χ3v) is 3.98. The second-order valence-electron chi connectivity index (χ2n) is 4.42. The van der Waals surface area contributed by atoms with E-state index < -0.39 is 10.2 Å². The van der Waals surface area contributed by atoms with Crippen LogP contribution in [0.2, 0.25) is 0 Å². The zero-order valence-electron chi connectivity index (χ0n) is 9.94. The molecule has 1 aromatic rings. The quantitative estimate of drug-likeness (QED) is 0.765. The first kappa shape index (κ1) is 12.3. The Bertz CT molecular complexity index is 497. The molecule has 1 atom stereocenters. The average molecular weight is 259 g/mol. The van der Waals surface area contributed by atoms with Crippen LogP contribution in [-0.4, -0.2) is 49.3 Å². The predicted molar refractivity (Wildman–Crippen MR) is 64.7 cm³/mol. The van der Waals surface area contributed by atoms with Gasteiger partial charge in [0.15, 0.2) is 0 Å². The van der Waals surface area contributed by atoms with E-state index in [0.717, 1.165) is 13.0 Å². The molecule has 2 heterocycles. The minimum absolute atomic E-state index is 0.112. The van der Waals surface area contributed by atoms with Crippen molar-refractivity contribution in [1.29, 1.82) is 0 Å². The largest absolute Gasteiger partial charge is 0.304 e. The number of nitrogens with zero attached hydrogens (tertiary/aromatic N) is 4. The Morgan fingerprint density at radius 1 is 1.53 bits per heavy atom. The molecule has 96 valence electrons. The number of likely N-dealkylation sites (N-methyl/N-ethyl adjacent to an activating group) is 1. The third-order valence-electron chi connectivity index (χ3n) is 2.92. The van der Waals surface area contributed by atoms with Gasteiger partial charge in [-0.2, -0.15) is 13.5 Å². The summed E-state index contributed by atoms with van der Waals surface area (Å²) in [5, 5.41) is 9.27. The van der Waals surface area contributed by atoms with Crippen LogP contribution in [0.15, 0.2) is 12.4 Å². The van der Waals surface area contributed by atoms with E-state index in [4.69, 9.17) is 5.14 Å². The summed E-state index contributed by atoms with van der Waals surface area (Å²) < 4.78 is 26.2. The fourth-order valence-electron chi connectivity index (χ4n) is 2.19. The minimum atomic E-state index is -3.76. The molecule has 1 aliphatic rings. The molecule has 7 nitrogen and oxygen atoms in total. The van der Waals surface area contributed by atoms with Gasteiger partial charge in [0.1, 0.15) is 0 Å². The number of hydrogen-bond acceptors (Lipinski definition) is 4. The number of likely N-dealkylation sites (tertiary alicyclic amines) is 1. The van der Waals surface area contributed by atoms with Crippen molar-refractivity contribution in [3.8, 4) is 0 Å². The highest BCUT2D eigenvalue weighted by atomic mass is 32.2. The first-order chi connectivity index (χ1) is 7.88. The van der Waals surface area contributed by atoms with Gasteiger partial charge in [-0.05, 0) is 20.0 Å². The highest BCUT2D eigenvalue weighted by Gasteiger charge is 2.32. The summed E-state index contributed by atoms with van der Waals surface area (Å²) in [7, 11) is -0.0536. The van der Waals surface area contributed by atoms with Crippen molar-refractivity contribution in [1.82, 2.24) is 14.7 Å². The van der Waals surface area contributed by atoms with Crippen molar-refractivity contribution in [2.24, 2.45) is 12.2 Å². The topological polar surface area (TPSA) is 84.5 Å². The van der Waals surface area contributed by atoms with E-state index in [2.05, 4.69) is 10.00 Å². The summed E-state index contributed by atoms with van der Waals surface area (Å²) in [5.74, 6) is 0. The smallest absolute Gasteiger partial charge is 0.299 e. The molecule has 17 heavy (non-hydrogen) atoms. The van der Waals surface area contributed by atoms with Crippen molar-refractivity contribution < 1.29 is 8.42 Å². The van der Waals surface area contributed by atoms with Crippen molar-refractivity contribution >= 4 is 15.9 Å². The van der Waals surface area contributed by atoms with Gasteiger partial charge in [-0.1, -0.05) is 0 Å². The highest BCUT2D eigenvalue weighted by molar-refractivity contribution is 7.90. The summed E-state index contributed by atoms with van der Waals surface area (Å²) in [4.78, 5) is 2.08. The third kappa shape index (κ3) is 2.59. The Labute approximate surface area is 101 Å². The Morgan fingerprint density at radius 3 is 2.65 bits per heavy atom. The van der Waals surface area contributed by atoms with E-state index in [1.54, 1.807) is 17.9 Å². The van der Waals surface area contributed by atoms with E-state index in [1.807, 2.05) is 7.05 Å². The predicted octanol–water partition coefficient (Wildman–Crippen LogP) is -0.866. The number of aromatic nitrogens is 2. The Hall–Kier alpha value is -1.12. The lowest BCUT2D eigenvalue weighted by Crippen LogP contribution is -2.45. The molecule has 1 aromatic heterocycles. The van der Waals surface area contributed by atoms with Crippen molar-refractivity contribution in [3.63, 3.8) is 0 Å². The molecule has 0 radical (unpaired) electrons. The van der Waals surface area contributed by atoms with Crippen molar-refractivity contribution in [2.75, 3.05) is 24.4 Å². The number of hydrogen-bond donors (Lipinski definition) is 1. The van der Waals surface area contributed by atoms with Gasteiger partial charge in [-0.15, -0.1) is 0 Å². The lowest BCUT2D eigenvalue weighted by Gasteiger charge is -2.26. The second-order valence-corrected chi connectivity index (χ2v) is 5.84. The fourth-order valence-corrected chi connectivity index (χ4v) is 3.17. The van der Waals surface area contributed by atoms with Crippen LogP contribution in [0.25, 0.3) is 0 Å². The first-order valence-corrected chi connectivity index (χ1v) is 6.87. The van der Waals surface area contributed by atoms with Crippen LogP contribution < -0.4 is 9.44 Å². The van der Waals surface area contributed by atoms with Crippen LogP contribution in [-0.2, 0) is 17.3 Å². The monoisotopic (exact) mass is 259 g/mol. The zero-order valence-corrected chi connectivity index (χ0v) is 10.8. The van der Waals surface area contributed by atoms with Gasteiger partial charge in [0, 0.05) is 19.8 Å². The van der Waals surface area contributed by atoms with E-state index >= 15 is 0 Å². The van der Waals surface area contributed by atoms with E-state index in [0.29, 0.717) is 12.2 Å². The summed E-state index contributed by atoms with van der Waals surface area (Å²) in [5.41, 5.74) is 0.523. The molecule has 0 saturated carbocycles. The standard InChI is InChI=1S/C9H17N5O2S/c1-12-4-3-8(6-12)14(17(10,15)16)9-5-11-13(2)7-9/h5,7-8H,3-4,6H2,1-2H3,(H2,10,15,16)/t8-/m0/s1.